The van der Waals surface area contributed by atoms with Crippen LogP contribution in [0.15, 0.2) is 0 Å². The average Bonchev–Trinajstić information content (AvgIpc) is 2.50. The molecule has 11 heavy (non-hydrogen) atoms. The van der Waals surface area contributed by atoms with Crippen LogP contribution in [0.3, 0.4) is 0 Å². The zero-order valence-electron chi connectivity index (χ0n) is 6.79. The Morgan fingerprint density at radius 2 is 2.36 bits per heavy atom. The van der Waals surface area contributed by atoms with Gasteiger partial charge in [-0.1, -0.05) is 0 Å². The molecule has 0 spiro atoms. The second kappa shape index (κ2) is 3.69. The molecule has 1 heterocycles. The van der Waals surface area contributed by atoms with Crippen LogP contribution >= 0.6 is 0 Å². The van der Waals surface area contributed by atoms with Crippen LogP contribution in [0.1, 0.15) is 7.85 Å². The molecule has 0 aromatic carbocycles. The number of methoxy groups -OCH3 is 2. The Morgan fingerprint density at radius 1 is 1.64 bits per heavy atom. The highest BCUT2D eigenvalue weighted by Crippen LogP contribution is 2.09. The van der Waals surface area contributed by atoms with E-state index in [-0.39, 0.29) is 19.5 Å². The summed E-state index contributed by atoms with van der Waals surface area (Å²) in [5.74, 6) is -0.204. The third-order valence-electron chi connectivity index (χ3n) is 1.91. The highest BCUT2D eigenvalue weighted by Gasteiger charge is 2.29. The van der Waals surface area contributed by atoms with E-state index in [4.69, 9.17) is 4.74 Å². The van der Waals surface area contributed by atoms with Crippen LogP contribution < -0.4 is 5.32 Å². The summed E-state index contributed by atoms with van der Waals surface area (Å²) in [6, 6.07) is -0.176. The van der Waals surface area contributed by atoms with Crippen LogP contribution in [0.2, 0.25) is 0 Å². The lowest BCUT2D eigenvalue weighted by Gasteiger charge is -2.06. The molecule has 1 rings (SSSR count). The zero-order valence-corrected chi connectivity index (χ0v) is 6.79. The second-order valence-electron chi connectivity index (χ2n) is 2.58. The molecule has 0 unspecified atom stereocenters. The number of hydrogen-bond acceptors (Lipinski definition) is 4. The van der Waals surface area contributed by atoms with Gasteiger partial charge in [0.1, 0.15) is 6.04 Å². The van der Waals surface area contributed by atoms with Gasteiger partial charge in [0.05, 0.1) is 13.2 Å². The van der Waals surface area contributed by atoms with Crippen molar-refractivity contribution >= 4 is 5.97 Å². The third kappa shape index (κ3) is 1.91. The van der Waals surface area contributed by atoms with Crippen molar-refractivity contribution in [1.29, 1.82) is 0 Å². The predicted octanol–water partition coefficient (Wildman–Crippen LogP) is -0.218. The summed E-state index contributed by atoms with van der Waals surface area (Å²) in [5.41, 5.74) is 0. The lowest BCUT2D eigenvalue weighted by molar-refractivity contribution is -0.142. The first kappa shape index (κ1) is 8.49. The minimum Gasteiger partial charge on any atom is -0.468 e. The Kier molecular flexibility index (Phi) is 2.84. The molecule has 1 aliphatic heterocycles. The molecule has 4 heteroatoms. The molecule has 0 aromatic heterocycles. The number of esters is 1. The van der Waals surface area contributed by atoms with E-state index in [0.29, 0.717) is 6.42 Å². The number of ether oxygens (including phenoxy) is 2. The van der Waals surface area contributed by atoms with Gasteiger partial charge in [-0.3, -0.25) is 4.79 Å². The summed E-state index contributed by atoms with van der Waals surface area (Å²) in [5, 5.41) is 3.01. The average molecular weight is 161 g/mol. The molecule has 2 atom stereocenters. The summed E-state index contributed by atoms with van der Waals surface area (Å²) in [6.07, 6.45) is 0.863. The van der Waals surface area contributed by atoms with Crippen molar-refractivity contribution in [3.8, 4) is 0 Å². The van der Waals surface area contributed by atoms with Gasteiger partial charge in [0.2, 0.25) is 0 Å². The van der Waals surface area contributed by atoms with Crippen LogP contribution in [0.25, 0.3) is 0 Å². The Labute approximate surface area is 67.3 Å². The number of rotatable bonds is 2. The zero-order chi connectivity index (χ0) is 8.27. The van der Waals surface area contributed by atoms with Crippen LogP contribution in [0.4, 0.5) is 0 Å². The van der Waals surface area contributed by atoms with E-state index < -0.39 is 0 Å². The Bertz CT molecular complexity index is 154. The number of nitrogens with one attached hydrogen (secondary N) is 1. The molecule has 0 bridgehead atoms. The normalized spacial score (nSPS) is 30.4. The maximum Gasteiger partial charge on any atom is 0.322 e. The van der Waals surface area contributed by atoms with E-state index in [1.807, 2.05) is 0 Å². The lowest BCUT2D eigenvalue weighted by Crippen LogP contribution is -2.31. The monoisotopic (exact) mass is 161 g/mol. The summed E-state index contributed by atoms with van der Waals surface area (Å²) in [6.45, 7) is 0.732. The van der Waals surface area contributed by atoms with Gasteiger partial charge in [-0.2, -0.15) is 0 Å². The van der Waals surface area contributed by atoms with Crippen LogP contribution in [0, 0.1) is 0 Å². The minimum atomic E-state index is -0.204. The second-order valence-corrected chi connectivity index (χ2v) is 2.58. The van der Waals surface area contributed by atoms with Crippen molar-refractivity contribution < 1.29 is 15.7 Å². The first-order valence-corrected chi connectivity index (χ1v) is 3.62. The fraction of sp³-hybridized carbons (Fsp3) is 0.857. The van der Waals surface area contributed by atoms with Gasteiger partial charge >= 0.3 is 5.97 Å². The molecular weight excluding hydrogens is 146 g/mol. The smallest absolute Gasteiger partial charge is 0.322 e. The molecule has 66 valence electrons. The molecule has 4 nitrogen and oxygen atoms in total. The lowest BCUT2D eigenvalue weighted by atomic mass is 10.2. The number of carbonyl (C=O) groups excluding carboxylic acids is 1. The molecule has 0 amide bonds. The predicted molar refractivity (Wildman–Crippen MR) is 41.3 cm³/mol. The standard InChI is InChI=1S/C7H13NO3.H2/c1-10-5-3-6(8-4-5)7(9)11-2;/h5-6,8H,3-4H2,1-2H3;1H/t5-,6+;/m1./s1. The Balaban J connectivity index is 0.00000121. The van der Waals surface area contributed by atoms with Crippen molar-refractivity contribution in [3.63, 3.8) is 0 Å². The summed E-state index contributed by atoms with van der Waals surface area (Å²) < 4.78 is 9.64. The van der Waals surface area contributed by atoms with Crippen molar-refractivity contribution in [2.75, 3.05) is 20.8 Å². The molecule has 0 saturated carbocycles. The third-order valence-corrected chi connectivity index (χ3v) is 1.91. The molecule has 1 fully saturated rings. The Morgan fingerprint density at radius 3 is 2.82 bits per heavy atom. The molecule has 1 saturated heterocycles. The van der Waals surface area contributed by atoms with Gasteiger partial charge in [0, 0.05) is 21.5 Å². The SMILES string of the molecule is COC(=O)[C@@H]1C[C@@H](OC)CN1.[HH]. The number of carbonyl (C=O) groups is 1. The van der Waals surface area contributed by atoms with E-state index in [2.05, 4.69) is 10.1 Å². The van der Waals surface area contributed by atoms with Crippen molar-refractivity contribution in [2.24, 2.45) is 0 Å². The summed E-state index contributed by atoms with van der Waals surface area (Å²) in [7, 11) is 3.04. The van der Waals surface area contributed by atoms with E-state index in [9.17, 15) is 4.79 Å². The number of hydrogen-bond donors (Lipinski definition) is 1. The van der Waals surface area contributed by atoms with Gasteiger partial charge in [0.15, 0.2) is 0 Å². The fourth-order valence-electron chi connectivity index (χ4n) is 1.20. The van der Waals surface area contributed by atoms with Crippen molar-refractivity contribution in [2.45, 2.75) is 18.6 Å². The first-order chi connectivity index (χ1) is 5.27. The van der Waals surface area contributed by atoms with Gasteiger partial charge in [0.25, 0.3) is 0 Å². The van der Waals surface area contributed by atoms with Crippen LogP contribution in [0.5, 0.6) is 0 Å². The quantitative estimate of drug-likeness (QED) is 0.569. The minimum absolute atomic E-state index is 0. The van der Waals surface area contributed by atoms with Crippen molar-refractivity contribution in [1.82, 2.24) is 5.32 Å². The fourth-order valence-corrected chi connectivity index (χ4v) is 1.20. The van der Waals surface area contributed by atoms with Gasteiger partial charge in [-0.25, -0.2) is 0 Å². The van der Waals surface area contributed by atoms with E-state index in [1.165, 1.54) is 7.11 Å². The van der Waals surface area contributed by atoms with E-state index >= 15 is 0 Å². The maximum absolute atomic E-state index is 10.9. The maximum atomic E-state index is 10.9. The highest BCUT2D eigenvalue weighted by atomic mass is 16.5. The van der Waals surface area contributed by atoms with Gasteiger partial charge in [-0.15, -0.1) is 0 Å². The topological polar surface area (TPSA) is 47.6 Å². The molecule has 0 radical (unpaired) electrons. The Hall–Kier alpha value is -0.610. The molecule has 0 aliphatic carbocycles. The largest absolute Gasteiger partial charge is 0.468 e. The van der Waals surface area contributed by atoms with Gasteiger partial charge in [-0.05, 0) is 0 Å². The first-order valence-electron chi connectivity index (χ1n) is 3.62. The molecule has 1 N–H and O–H groups in total. The van der Waals surface area contributed by atoms with Crippen LogP contribution in [-0.4, -0.2) is 38.9 Å². The highest BCUT2D eigenvalue weighted by molar-refractivity contribution is 5.76. The molecular formula is C7H15NO3. The van der Waals surface area contributed by atoms with Crippen molar-refractivity contribution in [3.05, 3.63) is 0 Å². The van der Waals surface area contributed by atoms with Gasteiger partial charge < -0.3 is 14.8 Å². The molecule has 1 aliphatic rings. The van der Waals surface area contributed by atoms with Crippen LogP contribution in [-0.2, 0) is 14.3 Å². The molecule has 0 aromatic rings. The van der Waals surface area contributed by atoms with E-state index in [1.54, 1.807) is 7.11 Å². The van der Waals surface area contributed by atoms with E-state index in [0.717, 1.165) is 6.54 Å². The summed E-state index contributed by atoms with van der Waals surface area (Å²) >= 11 is 0. The summed E-state index contributed by atoms with van der Waals surface area (Å²) in [4.78, 5) is 10.9.